The van der Waals surface area contributed by atoms with E-state index < -0.39 is 5.41 Å². The zero-order valence-electron chi connectivity index (χ0n) is 16.0. The van der Waals surface area contributed by atoms with Crippen LogP contribution in [0.5, 0.6) is 0 Å². The number of benzene rings is 3. The van der Waals surface area contributed by atoms with Gasteiger partial charge in [0.15, 0.2) is 0 Å². The summed E-state index contributed by atoms with van der Waals surface area (Å²) in [5.74, 6) is -0.441. The quantitative estimate of drug-likeness (QED) is 0.476. The predicted octanol–water partition coefficient (Wildman–Crippen LogP) is 5.80. The van der Waals surface area contributed by atoms with E-state index in [4.69, 9.17) is 9.73 Å². The van der Waals surface area contributed by atoms with Crippen molar-refractivity contribution in [3.8, 4) is 0 Å². The van der Waals surface area contributed by atoms with Crippen molar-refractivity contribution >= 4 is 33.3 Å². The lowest BCUT2D eigenvalue weighted by molar-refractivity contribution is -0.145. The Kier molecular flexibility index (Phi) is 4.39. The minimum absolute atomic E-state index is 0.00254. The Morgan fingerprint density at radius 1 is 1.00 bits per heavy atom. The van der Waals surface area contributed by atoms with E-state index in [1.165, 1.54) is 0 Å². The van der Waals surface area contributed by atoms with E-state index in [-0.39, 0.29) is 17.8 Å². The molecule has 4 heteroatoms. The molecule has 0 aromatic heterocycles. The van der Waals surface area contributed by atoms with Crippen LogP contribution in [0.4, 0.5) is 5.69 Å². The Balaban J connectivity index is 1.72. The second-order valence-electron chi connectivity index (χ2n) is 7.47. The predicted molar refractivity (Wildman–Crippen MR) is 118 cm³/mol. The van der Waals surface area contributed by atoms with Gasteiger partial charge < -0.3 is 4.74 Å². The summed E-state index contributed by atoms with van der Waals surface area (Å²) in [6.45, 7) is 2.23. The van der Waals surface area contributed by atoms with Gasteiger partial charge in [0.1, 0.15) is 0 Å². The van der Waals surface area contributed by atoms with E-state index in [1.807, 2.05) is 55.5 Å². The summed E-state index contributed by atoms with van der Waals surface area (Å²) in [5, 5.41) is 0. The second-order valence-corrected chi connectivity index (χ2v) is 8.39. The number of aliphatic imine (C=N–C) groups is 1. The Bertz CT molecular complexity index is 1110. The smallest absolute Gasteiger partial charge is 0.310 e. The number of hydrogen-bond donors (Lipinski definition) is 0. The van der Waals surface area contributed by atoms with Crippen LogP contribution in [0.25, 0.3) is 0 Å². The number of esters is 1. The van der Waals surface area contributed by atoms with Crippen molar-refractivity contribution in [1.29, 1.82) is 0 Å². The van der Waals surface area contributed by atoms with Gasteiger partial charge in [-0.05, 0) is 41.8 Å². The molecule has 0 amide bonds. The maximum absolute atomic E-state index is 13.1. The van der Waals surface area contributed by atoms with Crippen molar-refractivity contribution < 1.29 is 9.53 Å². The van der Waals surface area contributed by atoms with Gasteiger partial charge in [-0.25, -0.2) is 0 Å². The minimum Gasteiger partial charge on any atom is -0.466 e. The Labute approximate surface area is 178 Å². The van der Waals surface area contributed by atoms with Crippen molar-refractivity contribution in [3.05, 3.63) is 100 Å². The zero-order chi connectivity index (χ0) is 20.0. The third kappa shape index (κ3) is 2.70. The highest BCUT2D eigenvalue weighted by Crippen LogP contribution is 2.71. The summed E-state index contributed by atoms with van der Waals surface area (Å²) < 4.78 is 6.54. The number of nitrogens with zero attached hydrogens (tertiary/aromatic N) is 1. The molecule has 0 radical (unpaired) electrons. The van der Waals surface area contributed by atoms with Crippen LogP contribution in [-0.2, 0) is 14.9 Å². The van der Waals surface area contributed by atoms with Crippen LogP contribution in [0.1, 0.15) is 29.5 Å². The first kappa shape index (κ1) is 18.3. The Morgan fingerprint density at radius 3 is 2.41 bits per heavy atom. The molecule has 144 valence electrons. The summed E-state index contributed by atoms with van der Waals surface area (Å²) in [7, 11) is 0. The lowest BCUT2D eigenvalue weighted by atomic mass is 9.83. The molecular formula is C25H20BrNO2. The number of para-hydroxylation sites is 1. The van der Waals surface area contributed by atoms with Crippen molar-refractivity contribution in [2.45, 2.75) is 18.3 Å². The molecule has 3 atom stereocenters. The molecule has 1 fully saturated rings. The molecule has 1 saturated carbocycles. The van der Waals surface area contributed by atoms with Crippen LogP contribution in [-0.4, -0.2) is 18.3 Å². The molecule has 1 aliphatic heterocycles. The topological polar surface area (TPSA) is 38.7 Å². The molecule has 2 aliphatic rings. The van der Waals surface area contributed by atoms with E-state index >= 15 is 0 Å². The standard InChI is InChI=1S/C25H20BrNO2/c1-2-29-24(28)22-21(16-12-14-18(26)15-13-16)25(22)19-10-6-7-11-20(19)27-23(25)17-8-4-3-5-9-17/h3-15,21-22H,2H2,1H3. The summed E-state index contributed by atoms with van der Waals surface area (Å²) in [4.78, 5) is 18.1. The monoisotopic (exact) mass is 445 g/mol. The molecule has 0 saturated heterocycles. The van der Waals surface area contributed by atoms with Gasteiger partial charge in [-0.1, -0.05) is 76.6 Å². The molecule has 1 spiro atoms. The molecule has 0 N–H and O–H groups in total. The van der Waals surface area contributed by atoms with E-state index in [0.29, 0.717) is 6.61 Å². The number of carbonyl (C=O) groups excluding carboxylic acids is 1. The van der Waals surface area contributed by atoms with Gasteiger partial charge in [-0.2, -0.15) is 0 Å². The largest absolute Gasteiger partial charge is 0.466 e. The van der Waals surface area contributed by atoms with Gasteiger partial charge in [-0.3, -0.25) is 9.79 Å². The Hall–Kier alpha value is -2.72. The third-order valence-corrected chi connectivity index (χ3v) is 6.52. The number of ether oxygens (including phenoxy) is 1. The summed E-state index contributed by atoms with van der Waals surface area (Å²) >= 11 is 3.52. The molecule has 3 unspecified atom stereocenters. The molecule has 1 aliphatic carbocycles. The van der Waals surface area contributed by atoms with Gasteiger partial charge in [0.05, 0.1) is 29.3 Å². The van der Waals surface area contributed by atoms with E-state index in [0.717, 1.165) is 32.6 Å². The highest BCUT2D eigenvalue weighted by atomic mass is 79.9. The SMILES string of the molecule is CCOC(=O)C1C(c2ccc(Br)cc2)C12C(c1ccccc1)=Nc1ccccc12. The average Bonchev–Trinajstić information content (AvgIpc) is 3.32. The lowest BCUT2D eigenvalue weighted by Gasteiger charge is -2.17. The first-order valence-corrected chi connectivity index (χ1v) is 10.6. The van der Waals surface area contributed by atoms with Gasteiger partial charge in [0.2, 0.25) is 0 Å². The number of hydrogen-bond acceptors (Lipinski definition) is 3. The molecule has 3 nitrogen and oxygen atoms in total. The van der Waals surface area contributed by atoms with Crippen LogP contribution in [0.3, 0.4) is 0 Å². The maximum Gasteiger partial charge on any atom is 0.310 e. The minimum atomic E-state index is -0.488. The van der Waals surface area contributed by atoms with Gasteiger partial charge in [-0.15, -0.1) is 0 Å². The molecule has 29 heavy (non-hydrogen) atoms. The van der Waals surface area contributed by atoms with Crippen LogP contribution >= 0.6 is 15.9 Å². The van der Waals surface area contributed by atoms with Crippen LogP contribution in [0, 0.1) is 5.92 Å². The summed E-state index contributed by atoms with van der Waals surface area (Å²) in [6, 6.07) is 26.6. The van der Waals surface area contributed by atoms with Crippen molar-refractivity contribution in [1.82, 2.24) is 0 Å². The first-order chi connectivity index (χ1) is 14.2. The Morgan fingerprint density at radius 2 is 1.69 bits per heavy atom. The highest BCUT2D eigenvalue weighted by Gasteiger charge is 2.74. The summed E-state index contributed by atoms with van der Waals surface area (Å²) in [6.07, 6.45) is 0. The van der Waals surface area contributed by atoms with Crippen LogP contribution < -0.4 is 0 Å². The molecule has 5 rings (SSSR count). The molecular weight excluding hydrogens is 426 g/mol. The fourth-order valence-electron chi connectivity index (χ4n) is 4.86. The average molecular weight is 446 g/mol. The molecule has 3 aromatic carbocycles. The number of carbonyl (C=O) groups is 1. The van der Waals surface area contributed by atoms with E-state index in [2.05, 4.69) is 46.3 Å². The highest BCUT2D eigenvalue weighted by molar-refractivity contribution is 9.10. The molecule has 1 heterocycles. The van der Waals surface area contributed by atoms with Crippen molar-refractivity contribution in [2.75, 3.05) is 6.61 Å². The van der Waals surface area contributed by atoms with E-state index in [9.17, 15) is 4.79 Å². The number of halogens is 1. The fourth-order valence-corrected chi connectivity index (χ4v) is 5.12. The molecule has 0 bridgehead atoms. The number of rotatable bonds is 4. The van der Waals surface area contributed by atoms with Gasteiger partial charge >= 0.3 is 5.97 Å². The normalized spacial score (nSPS) is 24.1. The van der Waals surface area contributed by atoms with Crippen LogP contribution in [0.2, 0.25) is 0 Å². The fraction of sp³-hybridized carbons (Fsp3) is 0.200. The first-order valence-electron chi connectivity index (χ1n) is 9.84. The van der Waals surface area contributed by atoms with Crippen LogP contribution in [0.15, 0.2) is 88.3 Å². The van der Waals surface area contributed by atoms with E-state index in [1.54, 1.807) is 0 Å². The number of fused-ring (bicyclic) bond motifs is 2. The summed E-state index contributed by atoms with van der Waals surface area (Å²) in [5.41, 5.74) is 4.72. The maximum atomic E-state index is 13.1. The van der Waals surface area contributed by atoms with Crippen molar-refractivity contribution in [2.24, 2.45) is 10.9 Å². The van der Waals surface area contributed by atoms with Gasteiger partial charge in [0, 0.05) is 10.4 Å². The molecule has 3 aromatic rings. The van der Waals surface area contributed by atoms with Crippen molar-refractivity contribution in [3.63, 3.8) is 0 Å². The third-order valence-electron chi connectivity index (χ3n) is 6.00. The lowest BCUT2D eigenvalue weighted by Crippen LogP contribution is -2.25. The second kappa shape index (κ2) is 6.96. The zero-order valence-corrected chi connectivity index (χ0v) is 17.6. The van der Waals surface area contributed by atoms with Gasteiger partial charge in [0.25, 0.3) is 0 Å².